The van der Waals surface area contributed by atoms with E-state index < -0.39 is 20.6 Å². The largest absolute Gasteiger partial charge is 0.340 e. The lowest BCUT2D eigenvalue weighted by molar-refractivity contribution is -0.387. The predicted octanol–water partition coefficient (Wildman–Crippen LogP) is 3.37. The quantitative estimate of drug-likeness (QED) is 0.474. The van der Waals surface area contributed by atoms with E-state index >= 15 is 0 Å². The Bertz CT molecular complexity index is 1070. The van der Waals surface area contributed by atoms with Gasteiger partial charge in [0.05, 0.1) is 15.0 Å². The summed E-state index contributed by atoms with van der Waals surface area (Å²) in [6.45, 7) is 0.556. The summed E-state index contributed by atoms with van der Waals surface area (Å²) < 4.78 is 26.9. The SMILES string of the molecule is O=C(CCc1cccc(Cl)c1Cl)N1CCN(S(=O)(=O)c2ccccc2[N+](=O)[O-])CC1. The van der Waals surface area contributed by atoms with Crippen LogP contribution < -0.4 is 0 Å². The molecule has 8 nitrogen and oxygen atoms in total. The summed E-state index contributed by atoms with van der Waals surface area (Å²) in [7, 11) is -4.03. The summed E-state index contributed by atoms with van der Waals surface area (Å²) in [6.07, 6.45) is 0.643. The van der Waals surface area contributed by atoms with Gasteiger partial charge < -0.3 is 4.90 Å². The fourth-order valence-electron chi connectivity index (χ4n) is 3.28. The molecule has 30 heavy (non-hydrogen) atoms. The maximum Gasteiger partial charge on any atom is 0.289 e. The Morgan fingerprint density at radius 1 is 1.03 bits per heavy atom. The Morgan fingerprint density at radius 2 is 1.70 bits per heavy atom. The van der Waals surface area contributed by atoms with Crippen LogP contribution in [0.5, 0.6) is 0 Å². The van der Waals surface area contributed by atoms with Gasteiger partial charge in [0.2, 0.25) is 15.9 Å². The van der Waals surface area contributed by atoms with Crippen molar-refractivity contribution in [3.8, 4) is 0 Å². The highest BCUT2D eigenvalue weighted by molar-refractivity contribution is 7.89. The minimum absolute atomic E-state index is 0.0675. The second-order valence-corrected chi connectivity index (χ2v) is 9.41. The Hall–Kier alpha value is -2.20. The number of benzene rings is 2. The maximum absolute atomic E-state index is 12.9. The van der Waals surface area contributed by atoms with Gasteiger partial charge in [-0.1, -0.05) is 47.5 Å². The van der Waals surface area contributed by atoms with Crippen molar-refractivity contribution in [3.05, 3.63) is 68.2 Å². The summed E-state index contributed by atoms with van der Waals surface area (Å²) in [5, 5.41) is 12.0. The molecule has 0 N–H and O–H groups in total. The van der Waals surface area contributed by atoms with Gasteiger partial charge in [-0.15, -0.1) is 0 Å². The Balaban J connectivity index is 1.62. The van der Waals surface area contributed by atoms with Crippen molar-refractivity contribution < 1.29 is 18.1 Å². The van der Waals surface area contributed by atoms with Crippen LogP contribution in [0.2, 0.25) is 10.0 Å². The highest BCUT2D eigenvalue weighted by atomic mass is 35.5. The van der Waals surface area contributed by atoms with Gasteiger partial charge in [-0.2, -0.15) is 4.31 Å². The van der Waals surface area contributed by atoms with E-state index in [9.17, 15) is 23.3 Å². The third-order valence-corrected chi connectivity index (χ3v) is 7.71. The lowest BCUT2D eigenvalue weighted by Crippen LogP contribution is -2.50. The molecule has 0 aliphatic carbocycles. The molecule has 2 aromatic rings. The molecule has 1 aliphatic heterocycles. The average Bonchev–Trinajstić information content (AvgIpc) is 2.74. The fourth-order valence-corrected chi connectivity index (χ4v) is 5.28. The van der Waals surface area contributed by atoms with E-state index in [2.05, 4.69) is 0 Å². The monoisotopic (exact) mass is 471 g/mol. The molecular formula is C19H19Cl2N3O5S. The molecule has 2 aromatic carbocycles. The molecule has 0 radical (unpaired) electrons. The van der Waals surface area contributed by atoms with Crippen molar-refractivity contribution >= 4 is 44.8 Å². The molecule has 1 heterocycles. The molecule has 0 aromatic heterocycles. The second kappa shape index (κ2) is 9.30. The zero-order valence-electron chi connectivity index (χ0n) is 15.8. The van der Waals surface area contributed by atoms with Gasteiger partial charge >= 0.3 is 0 Å². The van der Waals surface area contributed by atoms with Crippen LogP contribution in [0.25, 0.3) is 0 Å². The van der Waals surface area contributed by atoms with E-state index in [1.54, 1.807) is 23.1 Å². The van der Waals surface area contributed by atoms with Crippen LogP contribution in [-0.4, -0.2) is 54.6 Å². The smallest absolute Gasteiger partial charge is 0.289 e. The Kier molecular flexibility index (Phi) is 6.97. The summed E-state index contributed by atoms with van der Waals surface area (Å²) in [4.78, 5) is 24.2. The highest BCUT2D eigenvalue weighted by Crippen LogP contribution is 2.28. The molecule has 0 unspecified atom stereocenters. The number of hydrogen-bond acceptors (Lipinski definition) is 5. The number of amides is 1. The number of rotatable bonds is 6. The van der Waals surface area contributed by atoms with Crippen LogP contribution in [-0.2, 0) is 21.2 Å². The van der Waals surface area contributed by atoms with Crippen molar-refractivity contribution in [2.45, 2.75) is 17.7 Å². The first kappa shape index (κ1) is 22.5. The van der Waals surface area contributed by atoms with Crippen molar-refractivity contribution in [1.82, 2.24) is 9.21 Å². The number of nitrogens with zero attached hydrogens (tertiary/aromatic N) is 3. The zero-order valence-corrected chi connectivity index (χ0v) is 18.2. The van der Waals surface area contributed by atoms with Gasteiger partial charge in [-0.25, -0.2) is 8.42 Å². The minimum Gasteiger partial charge on any atom is -0.340 e. The van der Waals surface area contributed by atoms with Gasteiger partial charge in [0.15, 0.2) is 4.90 Å². The number of para-hydroxylation sites is 1. The lowest BCUT2D eigenvalue weighted by atomic mass is 10.1. The molecule has 160 valence electrons. The Labute approximate surface area is 184 Å². The van der Waals surface area contributed by atoms with Crippen LogP contribution in [0.15, 0.2) is 47.4 Å². The number of halogens is 2. The van der Waals surface area contributed by atoms with Crippen molar-refractivity contribution in [2.24, 2.45) is 0 Å². The number of sulfonamides is 1. The molecule has 1 aliphatic rings. The molecule has 3 rings (SSSR count). The maximum atomic E-state index is 12.9. The second-order valence-electron chi connectivity index (χ2n) is 6.72. The molecule has 0 spiro atoms. The molecule has 1 amide bonds. The van der Waals surface area contributed by atoms with E-state index in [1.165, 1.54) is 22.5 Å². The molecular weight excluding hydrogens is 453 g/mol. The normalized spacial score (nSPS) is 15.2. The number of carbonyl (C=O) groups excluding carboxylic acids is 1. The van der Waals surface area contributed by atoms with E-state index in [-0.39, 0.29) is 43.4 Å². The number of carbonyl (C=O) groups is 1. The number of nitro groups is 1. The van der Waals surface area contributed by atoms with Crippen LogP contribution in [0.4, 0.5) is 5.69 Å². The van der Waals surface area contributed by atoms with Crippen molar-refractivity contribution in [1.29, 1.82) is 0 Å². The van der Waals surface area contributed by atoms with Crippen LogP contribution in [0.3, 0.4) is 0 Å². The van der Waals surface area contributed by atoms with Crippen molar-refractivity contribution in [2.75, 3.05) is 26.2 Å². The molecule has 0 bridgehead atoms. The van der Waals surface area contributed by atoms with Gasteiger partial charge in [-0.05, 0) is 24.1 Å². The van der Waals surface area contributed by atoms with E-state index in [1.807, 2.05) is 0 Å². The molecule has 0 atom stereocenters. The van der Waals surface area contributed by atoms with Gasteiger partial charge in [0.1, 0.15) is 0 Å². The third kappa shape index (κ3) is 4.75. The molecule has 11 heteroatoms. The van der Waals surface area contributed by atoms with Crippen molar-refractivity contribution in [3.63, 3.8) is 0 Å². The fraction of sp³-hybridized carbons (Fsp3) is 0.316. The summed E-state index contributed by atoms with van der Waals surface area (Å²) in [5.74, 6) is -0.117. The van der Waals surface area contributed by atoms with Gasteiger partial charge in [0.25, 0.3) is 5.69 Å². The van der Waals surface area contributed by atoms with E-state index in [0.29, 0.717) is 16.5 Å². The van der Waals surface area contributed by atoms with E-state index in [0.717, 1.165) is 11.6 Å². The van der Waals surface area contributed by atoms with E-state index in [4.69, 9.17) is 23.2 Å². The lowest BCUT2D eigenvalue weighted by Gasteiger charge is -2.34. The van der Waals surface area contributed by atoms with Crippen LogP contribution >= 0.6 is 23.2 Å². The summed E-state index contributed by atoms with van der Waals surface area (Å²) in [6, 6.07) is 10.5. The summed E-state index contributed by atoms with van der Waals surface area (Å²) >= 11 is 12.1. The number of piperazine rings is 1. The highest BCUT2D eigenvalue weighted by Gasteiger charge is 2.34. The van der Waals surface area contributed by atoms with Gasteiger partial charge in [0, 0.05) is 38.7 Å². The molecule has 1 saturated heterocycles. The van der Waals surface area contributed by atoms with Crippen LogP contribution in [0.1, 0.15) is 12.0 Å². The van der Waals surface area contributed by atoms with Gasteiger partial charge in [-0.3, -0.25) is 14.9 Å². The zero-order chi connectivity index (χ0) is 21.9. The Morgan fingerprint density at radius 3 is 2.37 bits per heavy atom. The minimum atomic E-state index is -4.03. The topological polar surface area (TPSA) is 101 Å². The number of nitro benzene ring substituents is 1. The molecule has 1 fully saturated rings. The molecule has 0 saturated carbocycles. The summed E-state index contributed by atoms with van der Waals surface area (Å²) in [5.41, 5.74) is 0.310. The average molecular weight is 472 g/mol. The number of aryl methyl sites for hydroxylation is 1. The predicted molar refractivity (Wildman–Crippen MR) is 113 cm³/mol. The first-order valence-electron chi connectivity index (χ1n) is 9.16. The van der Waals surface area contributed by atoms with Crippen LogP contribution in [0, 0.1) is 10.1 Å². The third-order valence-electron chi connectivity index (χ3n) is 4.91. The number of hydrogen-bond donors (Lipinski definition) is 0. The standard InChI is InChI=1S/C19H19Cl2N3O5S/c20-15-5-3-4-14(19(15)21)8-9-18(25)22-10-12-23(13-11-22)30(28,29)17-7-2-1-6-16(17)24(26)27/h1-7H,8-13H2. The first-order valence-corrected chi connectivity index (χ1v) is 11.4. The first-order chi connectivity index (χ1) is 14.2.